The summed E-state index contributed by atoms with van der Waals surface area (Å²) in [5.41, 5.74) is 2.67. The molecule has 0 aliphatic carbocycles. The second-order valence-electron chi connectivity index (χ2n) is 5.83. The van der Waals surface area contributed by atoms with Gasteiger partial charge in [0.2, 0.25) is 0 Å². The number of nitrogens with zero attached hydrogens (tertiary/aromatic N) is 1. The first kappa shape index (κ1) is 19.8. The summed E-state index contributed by atoms with van der Waals surface area (Å²) in [5, 5.41) is 3.93. The summed E-state index contributed by atoms with van der Waals surface area (Å²) < 4.78 is 4.88. The number of pyridine rings is 1. The molecule has 0 unspecified atom stereocenters. The zero-order valence-corrected chi connectivity index (χ0v) is 16.2. The molecule has 2 aromatic carbocycles. The lowest BCUT2D eigenvalue weighted by Crippen LogP contribution is -2.18. The van der Waals surface area contributed by atoms with E-state index in [0.29, 0.717) is 16.7 Å². The third-order valence-corrected chi connectivity index (χ3v) is 4.54. The zero-order chi connectivity index (χ0) is 19.8. The number of hydrogen-bond acceptors (Lipinski definition) is 3. The lowest BCUT2D eigenvalue weighted by atomic mass is 10.1. The molecule has 28 heavy (non-hydrogen) atoms. The Balaban J connectivity index is 0.000000236. The molecular weight excluding hydrogens is 395 g/mol. The molecular formula is C22H16Cl2N2O2. The van der Waals surface area contributed by atoms with Crippen LogP contribution in [0.1, 0.15) is 22.7 Å². The molecule has 1 atom stereocenters. The zero-order valence-electron chi connectivity index (χ0n) is 14.7. The number of rotatable bonds is 1. The van der Waals surface area contributed by atoms with Crippen LogP contribution in [0.25, 0.3) is 0 Å². The summed E-state index contributed by atoms with van der Waals surface area (Å²) in [6.07, 6.45) is 3.03. The molecule has 6 heteroatoms. The van der Waals surface area contributed by atoms with Gasteiger partial charge in [0.05, 0.1) is 16.1 Å². The maximum Gasteiger partial charge on any atom is 0.407 e. The molecule has 4 nitrogen and oxygen atoms in total. The highest BCUT2D eigenvalue weighted by molar-refractivity contribution is 6.41. The smallest absolute Gasteiger partial charge is 0.407 e. The van der Waals surface area contributed by atoms with Crippen LogP contribution >= 0.6 is 23.2 Å². The van der Waals surface area contributed by atoms with Gasteiger partial charge in [-0.1, -0.05) is 65.4 Å². The number of hydrogen-bond donors (Lipinski definition) is 1. The van der Waals surface area contributed by atoms with Crippen molar-refractivity contribution >= 4 is 29.3 Å². The number of cyclic esters (lactones) is 1. The van der Waals surface area contributed by atoms with Crippen LogP contribution in [-0.2, 0) is 4.74 Å². The highest BCUT2D eigenvalue weighted by atomic mass is 35.5. The van der Waals surface area contributed by atoms with Crippen LogP contribution in [0.4, 0.5) is 4.79 Å². The Morgan fingerprint density at radius 2 is 1.57 bits per heavy atom. The van der Waals surface area contributed by atoms with Gasteiger partial charge in [-0.05, 0) is 35.9 Å². The molecule has 0 bridgehead atoms. The molecule has 0 radical (unpaired) electrons. The van der Waals surface area contributed by atoms with Gasteiger partial charge < -0.3 is 10.1 Å². The molecule has 4 rings (SSSR count). The van der Waals surface area contributed by atoms with Crippen molar-refractivity contribution in [2.24, 2.45) is 0 Å². The minimum absolute atomic E-state index is 0.145. The standard InChI is InChI=1S/C16H12N2O2.C6H4Cl2/c19-16-18-15(11-20-16)14-8-13(9-17-10-14)7-6-12-4-2-1-3-5-12;7-5-3-1-2-4-6(5)8/h1-5,8-10,15H,11H2,(H,18,19);1-4H/t15-;/m0./s1. The van der Waals surface area contributed by atoms with E-state index in [4.69, 9.17) is 27.9 Å². The Morgan fingerprint density at radius 1 is 0.929 bits per heavy atom. The lowest BCUT2D eigenvalue weighted by Gasteiger charge is -2.06. The molecule has 1 N–H and O–H groups in total. The quantitative estimate of drug-likeness (QED) is 0.556. The van der Waals surface area contributed by atoms with Gasteiger partial charge >= 0.3 is 6.09 Å². The number of ether oxygens (including phenoxy) is 1. The van der Waals surface area contributed by atoms with Crippen molar-refractivity contribution in [3.63, 3.8) is 0 Å². The van der Waals surface area contributed by atoms with Crippen LogP contribution < -0.4 is 5.32 Å². The van der Waals surface area contributed by atoms with Crippen molar-refractivity contribution in [2.75, 3.05) is 6.61 Å². The summed E-state index contributed by atoms with van der Waals surface area (Å²) in [6, 6.07) is 18.7. The molecule has 140 valence electrons. The van der Waals surface area contributed by atoms with E-state index in [9.17, 15) is 4.79 Å². The largest absolute Gasteiger partial charge is 0.447 e. The molecule has 0 saturated carbocycles. The third kappa shape index (κ3) is 5.75. The van der Waals surface area contributed by atoms with Crippen molar-refractivity contribution in [2.45, 2.75) is 6.04 Å². The molecule has 1 amide bonds. The lowest BCUT2D eigenvalue weighted by molar-refractivity contribution is 0.177. The second-order valence-corrected chi connectivity index (χ2v) is 6.65. The number of nitrogens with one attached hydrogen (secondary N) is 1. The average molecular weight is 411 g/mol. The molecule has 3 aromatic rings. The second kappa shape index (κ2) is 9.80. The fourth-order valence-corrected chi connectivity index (χ4v) is 2.66. The van der Waals surface area contributed by atoms with E-state index < -0.39 is 6.09 Å². The number of aromatic nitrogens is 1. The predicted molar refractivity (Wildman–Crippen MR) is 110 cm³/mol. The van der Waals surface area contributed by atoms with E-state index in [2.05, 4.69) is 22.1 Å². The Bertz CT molecular complexity index is 993. The topological polar surface area (TPSA) is 51.2 Å². The van der Waals surface area contributed by atoms with E-state index in [1.165, 1.54) is 0 Å². The van der Waals surface area contributed by atoms with Crippen LogP contribution in [0, 0.1) is 11.8 Å². The van der Waals surface area contributed by atoms with E-state index in [-0.39, 0.29) is 6.04 Å². The number of carbonyl (C=O) groups excluding carboxylic acids is 1. The Hall–Kier alpha value is -3.00. The van der Waals surface area contributed by atoms with Crippen LogP contribution in [0.15, 0.2) is 73.1 Å². The number of halogens is 2. The maximum absolute atomic E-state index is 11.0. The highest BCUT2D eigenvalue weighted by Crippen LogP contribution is 2.19. The van der Waals surface area contributed by atoms with Gasteiger partial charge in [0, 0.05) is 23.5 Å². The fraction of sp³-hybridized carbons (Fsp3) is 0.0909. The van der Waals surface area contributed by atoms with Crippen LogP contribution in [0.5, 0.6) is 0 Å². The predicted octanol–water partition coefficient (Wildman–Crippen LogP) is 5.26. The maximum atomic E-state index is 11.0. The summed E-state index contributed by atoms with van der Waals surface area (Å²) in [6.45, 7) is 0.329. The van der Waals surface area contributed by atoms with Gasteiger partial charge in [0.15, 0.2) is 0 Å². The Morgan fingerprint density at radius 3 is 2.18 bits per heavy atom. The van der Waals surface area contributed by atoms with Gasteiger partial charge in [-0.25, -0.2) is 4.79 Å². The van der Waals surface area contributed by atoms with Gasteiger partial charge in [0.1, 0.15) is 6.61 Å². The number of alkyl carbamates (subject to hydrolysis) is 1. The van der Waals surface area contributed by atoms with Gasteiger partial charge in [-0.3, -0.25) is 4.98 Å². The van der Waals surface area contributed by atoms with E-state index in [0.717, 1.165) is 16.7 Å². The minimum atomic E-state index is -0.393. The molecule has 0 spiro atoms. The normalized spacial score (nSPS) is 14.6. The van der Waals surface area contributed by atoms with E-state index >= 15 is 0 Å². The van der Waals surface area contributed by atoms with Gasteiger partial charge in [0.25, 0.3) is 0 Å². The summed E-state index contributed by atoms with van der Waals surface area (Å²) >= 11 is 11.2. The van der Waals surface area contributed by atoms with Crippen molar-refractivity contribution in [1.29, 1.82) is 0 Å². The summed E-state index contributed by atoms with van der Waals surface area (Å²) in [7, 11) is 0. The van der Waals surface area contributed by atoms with Crippen LogP contribution in [0.3, 0.4) is 0 Å². The molecule has 1 fully saturated rings. The summed E-state index contributed by atoms with van der Waals surface area (Å²) in [4.78, 5) is 15.2. The highest BCUT2D eigenvalue weighted by Gasteiger charge is 2.23. The number of carbonyl (C=O) groups is 1. The molecule has 2 heterocycles. The fourth-order valence-electron chi connectivity index (χ4n) is 2.39. The van der Waals surface area contributed by atoms with Crippen LogP contribution in [0.2, 0.25) is 10.0 Å². The Kier molecular flexibility index (Phi) is 6.91. The van der Waals surface area contributed by atoms with Crippen molar-refractivity contribution in [3.8, 4) is 11.8 Å². The first-order valence-electron chi connectivity index (χ1n) is 8.47. The molecule has 1 aliphatic rings. The molecule has 1 aliphatic heterocycles. The summed E-state index contributed by atoms with van der Waals surface area (Å²) in [5.74, 6) is 6.15. The number of amides is 1. The molecule has 1 aromatic heterocycles. The monoisotopic (exact) mass is 410 g/mol. The number of benzene rings is 2. The first-order valence-corrected chi connectivity index (χ1v) is 9.23. The first-order chi connectivity index (χ1) is 13.6. The molecule has 1 saturated heterocycles. The van der Waals surface area contributed by atoms with Gasteiger partial charge in [-0.15, -0.1) is 0 Å². The van der Waals surface area contributed by atoms with E-state index in [1.807, 2.05) is 48.5 Å². The van der Waals surface area contributed by atoms with E-state index in [1.54, 1.807) is 24.5 Å². The SMILES string of the molecule is Clc1ccccc1Cl.O=C1N[C@H](c2cncc(C#Cc3ccccc3)c2)CO1. The van der Waals surface area contributed by atoms with Crippen molar-refractivity contribution in [1.82, 2.24) is 10.3 Å². The minimum Gasteiger partial charge on any atom is -0.447 e. The third-order valence-electron chi connectivity index (χ3n) is 3.78. The Labute approximate surface area is 173 Å². The van der Waals surface area contributed by atoms with Crippen LogP contribution in [-0.4, -0.2) is 17.7 Å². The average Bonchev–Trinajstić information content (AvgIpc) is 3.17. The van der Waals surface area contributed by atoms with Crippen molar-refractivity contribution in [3.05, 3.63) is 99.8 Å². The van der Waals surface area contributed by atoms with Gasteiger partial charge in [-0.2, -0.15) is 0 Å². The van der Waals surface area contributed by atoms with Crippen molar-refractivity contribution < 1.29 is 9.53 Å².